The van der Waals surface area contributed by atoms with Crippen LogP contribution >= 0.6 is 12.2 Å². The van der Waals surface area contributed by atoms with Crippen molar-refractivity contribution in [1.82, 2.24) is 0 Å². The summed E-state index contributed by atoms with van der Waals surface area (Å²) in [6.45, 7) is 4.61. The molecule has 0 saturated heterocycles. The molecule has 0 amide bonds. The minimum atomic E-state index is 0.324. The van der Waals surface area contributed by atoms with Gasteiger partial charge in [0.2, 0.25) is 0 Å². The second-order valence-electron chi connectivity index (χ2n) is 5.55. The molecule has 1 aromatic rings. The lowest BCUT2D eigenvalue weighted by atomic mass is 9.82. The lowest BCUT2D eigenvalue weighted by Crippen LogP contribution is -2.28. The Bertz CT molecular complexity index is 422. The largest absolute Gasteiger partial charge is 0.490 e. The van der Waals surface area contributed by atoms with Crippen molar-refractivity contribution in [2.75, 3.05) is 0 Å². The number of benzene rings is 1. The fourth-order valence-electron chi connectivity index (χ4n) is 2.88. The third-order valence-corrected chi connectivity index (χ3v) is 3.79. The van der Waals surface area contributed by atoms with Crippen molar-refractivity contribution in [3.63, 3.8) is 0 Å². The summed E-state index contributed by atoms with van der Waals surface area (Å²) in [5.74, 6) is 2.38. The highest BCUT2D eigenvalue weighted by atomic mass is 32.1. The van der Waals surface area contributed by atoms with Crippen LogP contribution in [-0.4, -0.2) is 11.1 Å². The van der Waals surface area contributed by atoms with E-state index in [1.165, 1.54) is 6.42 Å². The van der Waals surface area contributed by atoms with E-state index in [1.54, 1.807) is 0 Å². The van der Waals surface area contributed by atoms with Crippen molar-refractivity contribution >= 4 is 17.2 Å². The van der Waals surface area contributed by atoms with Gasteiger partial charge in [0.15, 0.2) is 0 Å². The minimum Gasteiger partial charge on any atom is -0.490 e. The zero-order valence-electron chi connectivity index (χ0n) is 11.1. The molecule has 98 valence electrons. The molecule has 1 fully saturated rings. The lowest BCUT2D eigenvalue weighted by molar-refractivity contribution is 0.101. The van der Waals surface area contributed by atoms with E-state index in [1.807, 2.05) is 24.3 Å². The summed E-state index contributed by atoms with van der Waals surface area (Å²) in [5, 5.41) is 0. The predicted molar refractivity (Wildman–Crippen MR) is 78.9 cm³/mol. The molecular formula is C15H21NOS. The van der Waals surface area contributed by atoms with Gasteiger partial charge >= 0.3 is 0 Å². The third-order valence-electron chi connectivity index (χ3n) is 3.56. The van der Waals surface area contributed by atoms with E-state index in [0.29, 0.717) is 11.1 Å². The number of hydrogen-bond acceptors (Lipinski definition) is 2. The lowest BCUT2D eigenvalue weighted by Gasteiger charge is -2.31. The van der Waals surface area contributed by atoms with Crippen molar-refractivity contribution in [2.24, 2.45) is 17.6 Å². The molecule has 1 aromatic carbocycles. The normalized spacial score (nSPS) is 27.8. The summed E-state index contributed by atoms with van der Waals surface area (Å²) in [6.07, 6.45) is 3.92. The smallest absolute Gasteiger partial charge is 0.120 e. The first-order valence-electron chi connectivity index (χ1n) is 6.61. The Hall–Kier alpha value is -1.09. The summed E-state index contributed by atoms with van der Waals surface area (Å²) in [4.78, 5) is 0.422. The van der Waals surface area contributed by atoms with E-state index < -0.39 is 0 Å². The van der Waals surface area contributed by atoms with E-state index in [-0.39, 0.29) is 0 Å². The fourth-order valence-corrected chi connectivity index (χ4v) is 3.01. The Balaban J connectivity index is 2.04. The van der Waals surface area contributed by atoms with E-state index in [0.717, 1.165) is 36.0 Å². The van der Waals surface area contributed by atoms with Crippen LogP contribution in [0.5, 0.6) is 5.75 Å². The molecular weight excluding hydrogens is 242 g/mol. The molecule has 1 aliphatic rings. The van der Waals surface area contributed by atoms with E-state index in [2.05, 4.69) is 13.8 Å². The van der Waals surface area contributed by atoms with Crippen molar-refractivity contribution < 1.29 is 4.74 Å². The summed E-state index contributed by atoms with van der Waals surface area (Å²) >= 11 is 4.99. The molecule has 3 heteroatoms. The van der Waals surface area contributed by atoms with E-state index in [4.69, 9.17) is 22.7 Å². The van der Waals surface area contributed by atoms with Crippen LogP contribution in [-0.2, 0) is 0 Å². The Morgan fingerprint density at radius 2 is 1.89 bits per heavy atom. The first-order chi connectivity index (χ1) is 8.54. The van der Waals surface area contributed by atoms with Gasteiger partial charge in [0.1, 0.15) is 10.7 Å². The van der Waals surface area contributed by atoms with Gasteiger partial charge in [-0.05, 0) is 43.2 Å². The molecule has 2 N–H and O–H groups in total. The second kappa shape index (κ2) is 5.70. The van der Waals surface area contributed by atoms with Gasteiger partial charge in [0, 0.05) is 5.56 Å². The van der Waals surface area contributed by atoms with Gasteiger partial charge in [0.25, 0.3) is 0 Å². The highest BCUT2D eigenvalue weighted by molar-refractivity contribution is 7.80. The fraction of sp³-hybridized carbons (Fsp3) is 0.533. The van der Waals surface area contributed by atoms with Gasteiger partial charge in [-0.25, -0.2) is 0 Å². The number of nitrogens with two attached hydrogens (primary N) is 1. The van der Waals surface area contributed by atoms with Crippen LogP contribution in [0.25, 0.3) is 0 Å². The topological polar surface area (TPSA) is 35.2 Å². The van der Waals surface area contributed by atoms with Crippen LogP contribution in [0.1, 0.15) is 38.7 Å². The molecule has 0 radical (unpaired) electrons. The zero-order chi connectivity index (χ0) is 13.1. The first kappa shape index (κ1) is 13.3. The van der Waals surface area contributed by atoms with E-state index >= 15 is 0 Å². The van der Waals surface area contributed by atoms with Gasteiger partial charge in [-0.15, -0.1) is 0 Å². The Morgan fingerprint density at radius 3 is 2.50 bits per heavy atom. The van der Waals surface area contributed by atoms with Crippen molar-refractivity contribution in [1.29, 1.82) is 0 Å². The number of thiocarbonyl (C=S) groups is 1. The maximum absolute atomic E-state index is 6.07. The molecule has 2 rings (SSSR count). The van der Waals surface area contributed by atoms with Crippen LogP contribution in [0, 0.1) is 11.8 Å². The van der Waals surface area contributed by atoms with Crippen molar-refractivity contribution in [3.8, 4) is 5.75 Å². The number of rotatable bonds is 3. The number of ether oxygens (including phenoxy) is 1. The monoisotopic (exact) mass is 263 g/mol. The highest BCUT2D eigenvalue weighted by Gasteiger charge is 2.25. The SMILES string of the molecule is CC1CC(C)CC(Oc2cccc(C(N)=S)c2)C1. The molecule has 18 heavy (non-hydrogen) atoms. The average molecular weight is 263 g/mol. The zero-order valence-corrected chi connectivity index (χ0v) is 11.9. The molecule has 0 aliphatic heterocycles. The summed E-state index contributed by atoms with van der Waals surface area (Å²) in [6, 6.07) is 7.78. The molecule has 2 unspecified atom stereocenters. The summed E-state index contributed by atoms with van der Waals surface area (Å²) < 4.78 is 6.07. The predicted octanol–water partition coefficient (Wildman–Crippen LogP) is 3.52. The molecule has 1 aliphatic carbocycles. The quantitative estimate of drug-likeness (QED) is 0.847. The summed E-state index contributed by atoms with van der Waals surface area (Å²) in [7, 11) is 0. The first-order valence-corrected chi connectivity index (χ1v) is 7.02. The van der Waals surface area contributed by atoms with Crippen LogP contribution in [0.15, 0.2) is 24.3 Å². The molecule has 1 saturated carbocycles. The summed E-state index contributed by atoms with van der Waals surface area (Å²) in [5.41, 5.74) is 6.51. The molecule has 0 bridgehead atoms. The maximum Gasteiger partial charge on any atom is 0.120 e. The van der Waals surface area contributed by atoms with Crippen LogP contribution in [0.4, 0.5) is 0 Å². The van der Waals surface area contributed by atoms with Gasteiger partial charge < -0.3 is 10.5 Å². The Kier molecular flexibility index (Phi) is 4.23. The Labute approximate surface area is 115 Å². The van der Waals surface area contributed by atoms with Gasteiger partial charge in [-0.3, -0.25) is 0 Å². The second-order valence-corrected chi connectivity index (χ2v) is 5.99. The minimum absolute atomic E-state index is 0.324. The molecule has 2 atom stereocenters. The van der Waals surface area contributed by atoms with Crippen molar-refractivity contribution in [2.45, 2.75) is 39.2 Å². The molecule has 2 nitrogen and oxygen atoms in total. The molecule has 0 aromatic heterocycles. The van der Waals surface area contributed by atoms with E-state index in [9.17, 15) is 0 Å². The van der Waals surface area contributed by atoms with Crippen molar-refractivity contribution in [3.05, 3.63) is 29.8 Å². The van der Waals surface area contributed by atoms with Crippen LogP contribution in [0.2, 0.25) is 0 Å². The Morgan fingerprint density at radius 1 is 1.22 bits per heavy atom. The van der Waals surface area contributed by atoms with Gasteiger partial charge in [-0.1, -0.05) is 38.2 Å². The maximum atomic E-state index is 6.07. The number of hydrogen-bond donors (Lipinski definition) is 1. The molecule has 0 spiro atoms. The highest BCUT2D eigenvalue weighted by Crippen LogP contribution is 2.31. The van der Waals surface area contributed by atoms with Gasteiger partial charge in [-0.2, -0.15) is 0 Å². The van der Waals surface area contributed by atoms with Gasteiger partial charge in [0.05, 0.1) is 6.10 Å². The van der Waals surface area contributed by atoms with Crippen LogP contribution in [0.3, 0.4) is 0 Å². The van der Waals surface area contributed by atoms with Crippen LogP contribution < -0.4 is 10.5 Å². The standard InChI is InChI=1S/C15H21NOS/c1-10-6-11(2)8-14(7-10)17-13-5-3-4-12(9-13)15(16)18/h3-5,9-11,14H,6-8H2,1-2H3,(H2,16,18). The third kappa shape index (κ3) is 3.45. The molecule has 0 heterocycles. The average Bonchev–Trinajstić information content (AvgIpc) is 2.27.